The van der Waals surface area contributed by atoms with Gasteiger partial charge in [0.05, 0.1) is 11.4 Å². The van der Waals surface area contributed by atoms with E-state index in [4.69, 9.17) is 18.0 Å². The van der Waals surface area contributed by atoms with Crippen LogP contribution >= 0.6 is 23.4 Å². The van der Waals surface area contributed by atoms with Crippen LogP contribution in [0.5, 0.6) is 0 Å². The lowest BCUT2D eigenvalue weighted by Gasteiger charge is -2.04. The van der Waals surface area contributed by atoms with Gasteiger partial charge in [-0.2, -0.15) is 0 Å². The predicted molar refractivity (Wildman–Crippen MR) is 65.9 cm³/mol. The molecule has 0 saturated heterocycles. The van der Waals surface area contributed by atoms with Crippen molar-refractivity contribution >= 4 is 23.4 Å². The SMILES string of the molecule is C#CCSc1nncn1-c1cccc(Cl)c1. The van der Waals surface area contributed by atoms with E-state index in [2.05, 4.69) is 16.1 Å². The molecule has 0 N–H and O–H groups in total. The fraction of sp³-hybridized carbons (Fsp3) is 0.0909. The highest BCUT2D eigenvalue weighted by Crippen LogP contribution is 2.20. The van der Waals surface area contributed by atoms with Gasteiger partial charge in [-0.1, -0.05) is 35.3 Å². The van der Waals surface area contributed by atoms with E-state index in [1.165, 1.54) is 11.8 Å². The maximum absolute atomic E-state index is 5.93. The van der Waals surface area contributed by atoms with Gasteiger partial charge in [0, 0.05) is 5.02 Å². The van der Waals surface area contributed by atoms with Crippen molar-refractivity contribution in [3.8, 4) is 18.0 Å². The summed E-state index contributed by atoms with van der Waals surface area (Å²) in [5, 5.41) is 9.30. The first-order chi connectivity index (χ1) is 7.81. The number of nitrogens with zero attached hydrogens (tertiary/aromatic N) is 3. The molecule has 1 aromatic heterocycles. The van der Waals surface area contributed by atoms with Gasteiger partial charge in [-0.15, -0.1) is 16.6 Å². The van der Waals surface area contributed by atoms with Crippen LogP contribution in [0.15, 0.2) is 35.7 Å². The first-order valence-electron chi connectivity index (χ1n) is 4.53. The second-order valence-electron chi connectivity index (χ2n) is 2.96. The zero-order chi connectivity index (χ0) is 11.4. The molecular formula is C11H8ClN3S. The van der Waals surface area contributed by atoms with Crippen molar-refractivity contribution in [1.29, 1.82) is 0 Å². The van der Waals surface area contributed by atoms with Crippen molar-refractivity contribution in [2.45, 2.75) is 5.16 Å². The second-order valence-corrected chi connectivity index (χ2v) is 4.34. The Labute approximate surface area is 103 Å². The van der Waals surface area contributed by atoms with E-state index >= 15 is 0 Å². The Balaban J connectivity index is 2.34. The number of halogens is 1. The van der Waals surface area contributed by atoms with Crippen LogP contribution in [0.1, 0.15) is 0 Å². The molecule has 0 aliphatic rings. The molecule has 80 valence electrons. The van der Waals surface area contributed by atoms with E-state index in [0.717, 1.165) is 10.8 Å². The molecule has 0 amide bonds. The lowest BCUT2D eigenvalue weighted by molar-refractivity contribution is 0.886. The van der Waals surface area contributed by atoms with Crippen LogP contribution in [0.2, 0.25) is 5.02 Å². The number of hydrogen-bond donors (Lipinski definition) is 0. The number of thioether (sulfide) groups is 1. The highest BCUT2D eigenvalue weighted by atomic mass is 35.5. The lowest BCUT2D eigenvalue weighted by Crippen LogP contribution is -1.94. The Morgan fingerprint density at radius 3 is 3.12 bits per heavy atom. The molecule has 0 aliphatic heterocycles. The Kier molecular flexibility index (Phi) is 3.50. The van der Waals surface area contributed by atoms with Crippen LogP contribution in [0, 0.1) is 12.3 Å². The van der Waals surface area contributed by atoms with E-state index in [9.17, 15) is 0 Å². The smallest absolute Gasteiger partial charge is 0.196 e. The molecule has 0 bridgehead atoms. The van der Waals surface area contributed by atoms with Crippen molar-refractivity contribution in [2.24, 2.45) is 0 Å². The summed E-state index contributed by atoms with van der Waals surface area (Å²) in [6, 6.07) is 7.50. The topological polar surface area (TPSA) is 30.7 Å². The summed E-state index contributed by atoms with van der Waals surface area (Å²) in [6.45, 7) is 0. The highest BCUT2D eigenvalue weighted by Gasteiger charge is 2.06. The highest BCUT2D eigenvalue weighted by molar-refractivity contribution is 7.99. The van der Waals surface area contributed by atoms with E-state index in [1.54, 1.807) is 6.33 Å². The van der Waals surface area contributed by atoms with Gasteiger partial charge in [0.15, 0.2) is 5.16 Å². The maximum atomic E-state index is 5.93. The van der Waals surface area contributed by atoms with Crippen molar-refractivity contribution in [3.63, 3.8) is 0 Å². The molecule has 0 fully saturated rings. The third-order valence-electron chi connectivity index (χ3n) is 1.89. The summed E-state index contributed by atoms with van der Waals surface area (Å²) in [6.07, 6.45) is 6.85. The summed E-state index contributed by atoms with van der Waals surface area (Å²) in [5.74, 6) is 3.12. The molecule has 0 radical (unpaired) electrons. The monoisotopic (exact) mass is 249 g/mol. The Morgan fingerprint density at radius 1 is 1.50 bits per heavy atom. The third kappa shape index (κ3) is 2.38. The van der Waals surface area contributed by atoms with Crippen LogP contribution in [0.3, 0.4) is 0 Å². The Hall–Kier alpha value is -1.44. The summed E-state index contributed by atoms with van der Waals surface area (Å²) in [7, 11) is 0. The third-order valence-corrected chi connectivity index (χ3v) is 2.97. The number of benzene rings is 1. The van der Waals surface area contributed by atoms with Crippen LogP contribution in [-0.2, 0) is 0 Å². The maximum Gasteiger partial charge on any atom is 0.196 e. The predicted octanol–water partition coefficient (Wildman–Crippen LogP) is 2.65. The minimum Gasteiger partial charge on any atom is -0.277 e. The summed E-state index contributed by atoms with van der Waals surface area (Å²) < 4.78 is 1.86. The van der Waals surface area contributed by atoms with Crippen molar-refractivity contribution in [3.05, 3.63) is 35.6 Å². The fourth-order valence-corrected chi connectivity index (χ4v) is 2.03. The molecule has 2 aromatic rings. The molecule has 3 nitrogen and oxygen atoms in total. The molecule has 0 unspecified atom stereocenters. The van der Waals surface area contributed by atoms with E-state index in [1.807, 2.05) is 28.8 Å². The standard InChI is InChI=1S/C11H8ClN3S/c1-2-6-16-11-14-13-8-15(11)10-5-3-4-9(12)7-10/h1,3-5,7-8H,6H2. The lowest BCUT2D eigenvalue weighted by atomic mass is 10.3. The van der Waals surface area contributed by atoms with Crippen LogP contribution in [0.25, 0.3) is 5.69 Å². The molecular weight excluding hydrogens is 242 g/mol. The van der Waals surface area contributed by atoms with Gasteiger partial charge in [-0.3, -0.25) is 4.57 Å². The van der Waals surface area contributed by atoms with Gasteiger partial charge < -0.3 is 0 Å². The van der Waals surface area contributed by atoms with Gasteiger partial charge >= 0.3 is 0 Å². The molecule has 0 saturated carbocycles. The average Bonchev–Trinajstić information content (AvgIpc) is 2.74. The van der Waals surface area contributed by atoms with Gasteiger partial charge in [0.25, 0.3) is 0 Å². The molecule has 0 atom stereocenters. The van der Waals surface area contributed by atoms with Crippen LogP contribution < -0.4 is 0 Å². The zero-order valence-electron chi connectivity index (χ0n) is 8.30. The summed E-state index contributed by atoms with van der Waals surface area (Å²) in [4.78, 5) is 0. The quantitative estimate of drug-likeness (QED) is 0.619. The number of hydrogen-bond acceptors (Lipinski definition) is 3. The van der Waals surface area contributed by atoms with Gasteiger partial charge in [-0.25, -0.2) is 0 Å². The van der Waals surface area contributed by atoms with Crippen molar-refractivity contribution < 1.29 is 0 Å². The molecule has 0 spiro atoms. The molecule has 1 heterocycles. The molecule has 2 rings (SSSR count). The molecule has 5 heteroatoms. The molecule has 0 aliphatic carbocycles. The fourth-order valence-electron chi connectivity index (χ4n) is 1.23. The first kappa shape index (κ1) is 11.1. The number of terminal acetylenes is 1. The molecule has 1 aromatic carbocycles. The molecule has 16 heavy (non-hydrogen) atoms. The van der Waals surface area contributed by atoms with Crippen molar-refractivity contribution in [1.82, 2.24) is 14.8 Å². The largest absolute Gasteiger partial charge is 0.277 e. The van der Waals surface area contributed by atoms with Crippen molar-refractivity contribution in [2.75, 3.05) is 5.75 Å². The van der Waals surface area contributed by atoms with Gasteiger partial charge in [0.2, 0.25) is 0 Å². The number of aromatic nitrogens is 3. The Bertz CT molecular complexity index is 530. The Morgan fingerprint density at radius 2 is 2.38 bits per heavy atom. The summed E-state index contributed by atoms with van der Waals surface area (Å²) >= 11 is 7.39. The number of rotatable bonds is 3. The minimum atomic E-state index is 0.569. The summed E-state index contributed by atoms with van der Waals surface area (Å²) in [5.41, 5.74) is 0.928. The van der Waals surface area contributed by atoms with E-state index < -0.39 is 0 Å². The van der Waals surface area contributed by atoms with E-state index in [0.29, 0.717) is 10.8 Å². The van der Waals surface area contributed by atoms with Crippen LogP contribution in [0.4, 0.5) is 0 Å². The van der Waals surface area contributed by atoms with Gasteiger partial charge in [-0.05, 0) is 18.2 Å². The zero-order valence-corrected chi connectivity index (χ0v) is 9.87. The first-order valence-corrected chi connectivity index (χ1v) is 5.90. The van der Waals surface area contributed by atoms with E-state index in [-0.39, 0.29) is 0 Å². The van der Waals surface area contributed by atoms with Gasteiger partial charge in [0.1, 0.15) is 6.33 Å². The second kappa shape index (κ2) is 5.06. The minimum absolute atomic E-state index is 0.569. The average molecular weight is 250 g/mol. The van der Waals surface area contributed by atoms with Crippen LogP contribution in [-0.4, -0.2) is 20.5 Å². The normalized spacial score (nSPS) is 10.0.